The Morgan fingerprint density at radius 1 is 1.00 bits per heavy atom. The first-order valence-electron chi connectivity index (χ1n) is 5.36. The molecule has 0 aliphatic carbocycles. The van der Waals surface area contributed by atoms with Crippen LogP contribution in [0.15, 0.2) is 23.9 Å². The van der Waals surface area contributed by atoms with Gasteiger partial charge in [-0.15, -0.1) is 0 Å². The summed E-state index contributed by atoms with van der Waals surface area (Å²) in [6, 6.07) is 2.97. The van der Waals surface area contributed by atoms with Crippen LogP contribution in [-0.2, 0) is 16.6 Å². The zero-order chi connectivity index (χ0) is 13.4. The van der Waals surface area contributed by atoms with Crippen molar-refractivity contribution in [2.75, 3.05) is 14.1 Å². The molecule has 94 valence electrons. The highest BCUT2D eigenvalue weighted by molar-refractivity contribution is 6.30. The maximum atomic E-state index is 11.9. The molecule has 0 N–H and O–H groups in total. The van der Waals surface area contributed by atoms with E-state index < -0.39 is 17.8 Å². The first kappa shape index (κ1) is 12.1. The molecule has 6 heteroatoms. The molecule has 0 aromatic carbocycles. The topological polar surface area (TPSA) is 62.6 Å². The molecule has 0 bridgehead atoms. The average molecular weight is 247 g/mol. The zero-order valence-electron chi connectivity index (χ0n) is 10.4. The molecule has 0 radical (unpaired) electrons. The molecule has 0 spiro atoms. The smallest absolute Gasteiger partial charge is 0.333 e. The number of aryl methyl sites for hydroxylation is 1. The van der Waals surface area contributed by atoms with Crippen molar-refractivity contribution in [3.63, 3.8) is 0 Å². The van der Waals surface area contributed by atoms with Gasteiger partial charge < -0.3 is 4.57 Å². The molecule has 1 aliphatic rings. The third kappa shape index (κ3) is 1.71. The Kier molecular flexibility index (Phi) is 2.78. The number of aromatic nitrogens is 1. The van der Waals surface area contributed by atoms with Crippen LogP contribution in [0, 0.1) is 0 Å². The van der Waals surface area contributed by atoms with E-state index in [-0.39, 0.29) is 5.57 Å². The molecular formula is C12H13N3O3. The van der Waals surface area contributed by atoms with Crippen LogP contribution >= 0.6 is 0 Å². The van der Waals surface area contributed by atoms with E-state index in [0.717, 1.165) is 15.5 Å². The summed E-state index contributed by atoms with van der Waals surface area (Å²) in [5.41, 5.74) is 0.712. The summed E-state index contributed by atoms with van der Waals surface area (Å²) in [6.45, 7) is 0. The Balaban J connectivity index is 2.47. The van der Waals surface area contributed by atoms with Crippen LogP contribution in [0.3, 0.4) is 0 Å². The number of hydrogen-bond acceptors (Lipinski definition) is 3. The van der Waals surface area contributed by atoms with Gasteiger partial charge in [-0.2, -0.15) is 0 Å². The van der Waals surface area contributed by atoms with E-state index in [0.29, 0.717) is 0 Å². The number of carbonyl (C=O) groups is 3. The number of carbonyl (C=O) groups excluding carboxylic acids is 3. The van der Waals surface area contributed by atoms with E-state index >= 15 is 0 Å². The van der Waals surface area contributed by atoms with Crippen LogP contribution in [0.4, 0.5) is 4.79 Å². The second kappa shape index (κ2) is 4.14. The summed E-state index contributed by atoms with van der Waals surface area (Å²) in [4.78, 5) is 37.2. The van der Waals surface area contributed by atoms with Crippen molar-refractivity contribution < 1.29 is 14.4 Å². The summed E-state index contributed by atoms with van der Waals surface area (Å²) < 4.78 is 1.78. The van der Waals surface area contributed by atoms with Gasteiger partial charge in [0.15, 0.2) is 0 Å². The Morgan fingerprint density at radius 3 is 2.00 bits per heavy atom. The molecule has 2 rings (SSSR count). The van der Waals surface area contributed by atoms with E-state index in [9.17, 15) is 14.4 Å². The molecule has 1 aromatic heterocycles. The summed E-state index contributed by atoms with van der Waals surface area (Å²) >= 11 is 0. The minimum absolute atomic E-state index is 0.0126. The number of hydrogen-bond donors (Lipinski definition) is 0. The van der Waals surface area contributed by atoms with Gasteiger partial charge >= 0.3 is 6.03 Å². The van der Waals surface area contributed by atoms with E-state index in [2.05, 4.69) is 0 Å². The summed E-state index contributed by atoms with van der Waals surface area (Å²) in [6.07, 6.45) is 3.30. The van der Waals surface area contributed by atoms with E-state index in [4.69, 9.17) is 0 Å². The highest BCUT2D eigenvalue weighted by Crippen LogP contribution is 2.17. The molecule has 2 heterocycles. The Labute approximate surface area is 104 Å². The molecule has 0 unspecified atom stereocenters. The molecule has 1 saturated heterocycles. The lowest BCUT2D eigenvalue weighted by Gasteiger charge is -2.28. The summed E-state index contributed by atoms with van der Waals surface area (Å²) in [5.74, 6) is -1.16. The maximum Gasteiger partial charge on any atom is 0.333 e. The van der Waals surface area contributed by atoms with Gasteiger partial charge in [-0.25, -0.2) is 4.79 Å². The second-order valence-electron chi connectivity index (χ2n) is 4.11. The van der Waals surface area contributed by atoms with E-state index in [1.54, 1.807) is 10.6 Å². The number of likely N-dealkylation sites (N-methyl/N-ethyl adjacent to an activating group) is 2. The van der Waals surface area contributed by atoms with Gasteiger partial charge in [0.1, 0.15) is 5.57 Å². The van der Waals surface area contributed by atoms with E-state index in [1.165, 1.54) is 20.2 Å². The second-order valence-corrected chi connectivity index (χ2v) is 4.11. The average Bonchev–Trinajstić information content (AvgIpc) is 2.75. The Morgan fingerprint density at radius 2 is 1.56 bits per heavy atom. The lowest BCUT2D eigenvalue weighted by Crippen LogP contribution is -2.52. The first-order valence-corrected chi connectivity index (χ1v) is 5.36. The molecule has 0 saturated carbocycles. The number of imide groups is 2. The minimum Gasteiger partial charge on any atom is -0.351 e. The largest absolute Gasteiger partial charge is 0.351 e. The molecule has 1 aliphatic heterocycles. The van der Waals surface area contributed by atoms with Crippen molar-refractivity contribution in [3.8, 4) is 0 Å². The van der Waals surface area contributed by atoms with Crippen LogP contribution in [0.5, 0.6) is 0 Å². The zero-order valence-corrected chi connectivity index (χ0v) is 10.4. The fourth-order valence-corrected chi connectivity index (χ4v) is 1.75. The predicted octanol–water partition coefficient (Wildman–Crippen LogP) is 0.459. The van der Waals surface area contributed by atoms with Gasteiger partial charge in [0, 0.05) is 33.0 Å². The highest BCUT2D eigenvalue weighted by atomic mass is 16.2. The SMILES string of the molecule is CN1C(=O)C(=Cc2cccn2C)C(=O)N(C)C1=O. The first-order chi connectivity index (χ1) is 8.43. The van der Waals surface area contributed by atoms with Gasteiger partial charge in [-0.05, 0) is 18.2 Å². The number of amides is 4. The van der Waals surface area contributed by atoms with Gasteiger partial charge in [-0.1, -0.05) is 0 Å². The molecule has 18 heavy (non-hydrogen) atoms. The van der Waals surface area contributed by atoms with Gasteiger partial charge in [0.25, 0.3) is 11.8 Å². The fourth-order valence-electron chi connectivity index (χ4n) is 1.75. The van der Waals surface area contributed by atoms with Crippen LogP contribution in [-0.4, -0.2) is 46.3 Å². The van der Waals surface area contributed by atoms with Crippen molar-refractivity contribution in [3.05, 3.63) is 29.6 Å². The van der Waals surface area contributed by atoms with Crippen LogP contribution in [0.2, 0.25) is 0 Å². The lowest BCUT2D eigenvalue weighted by molar-refractivity contribution is -0.134. The van der Waals surface area contributed by atoms with Gasteiger partial charge in [0.05, 0.1) is 0 Å². The van der Waals surface area contributed by atoms with Gasteiger partial charge in [0.2, 0.25) is 0 Å². The minimum atomic E-state index is -0.617. The molecular weight excluding hydrogens is 234 g/mol. The van der Waals surface area contributed by atoms with Crippen LogP contribution in [0.1, 0.15) is 5.69 Å². The lowest BCUT2D eigenvalue weighted by atomic mass is 10.1. The third-order valence-corrected chi connectivity index (χ3v) is 2.92. The highest BCUT2D eigenvalue weighted by Gasteiger charge is 2.37. The normalized spacial score (nSPS) is 16.6. The fraction of sp³-hybridized carbons (Fsp3) is 0.250. The van der Waals surface area contributed by atoms with Crippen LogP contribution in [0.25, 0.3) is 6.08 Å². The van der Waals surface area contributed by atoms with Crippen molar-refractivity contribution in [1.82, 2.24) is 14.4 Å². The Hall–Kier alpha value is -2.37. The number of nitrogens with zero attached hydrogens (tertiary/aromatic N) is 3. The Bertz CT molecular complexity index is 545. The summed E-state index contributed by atoms with van der Waals surface area (Å²) in [7, 11) is 4.52. The van der Waals surface area contributed by atoms with Crippen molar-refractivity contribution >= 4 is 23.9 Å². The predicted molar refractivity (Wildman–Crippen MR) is 64.3 cm³/mol. The molecule has 6 nitrogen and oxygen atoms in total. The monoisotopic (exact) mass is 247 g/mol. The van der Waals surface area contributed by atoms with Crippen molar-refractivity contribution in [2.24, 2.45) is 7.05 Å². The molecule has 0 atom stereocenters. The van der Waals surface area contributed by atoms with Crippen LogP contribution < -0.4 is 0 Å². The number of barbiturate groups is 1. The van der Waals surface area contributed by atoms with E-state index in [1.807, 2.05) is 19.3 Å². The summed E-state index contributed by atoms with van der Waals surface area (Å²) in [5, 5.41) is 0. The molecule has 1 aromatic rings. The molecule has 4 amide bonds. The van der Waals surface area contributed by atoms with Crippen molar-refractivity contribution in [1.29, 1.82) is 0 Å². The van der Waals surface area contributed by atoms with Gasteiger partial charge in [-0.3, -0.25) is 19.4 Å². The number of urea groups is 1. The molecule has 1 fully saturated rings. The number of rotatable bonds is 1. The van der Waals surface area contributed by atoms with Crippen molar-refractivity contribution in [2.45, 2.75) is 0 Å². The third-order valence-electron chi connectivity index (χ3n) is 2.92. The quantitative estimate of drug-likeness (QED) is 0.535. The standard InChI is InChI=1S/C12H13N3O3/c1-13-6-4-5-8(13)7-9-10(16)14(2)12(18)15(3)11(9)17/h4-7H,1-3H3. The maximum absolute atomic E-state index is 11.9.